The van der Waals surface area contributed by atoms with E-state index in [1.165, 1.54) is 5.56 Å². The lowest BCUT2D eigenvalue weighted by Gasteiger charge is -2.32. The fourth-order valence-corrected chi connectivity index (χ4v) is 3.21. The monoisotopic (exact) mass is 299 g/mol. The van der Waals surface area contributed by atoms with Crippen molar-refractivity contribution in [3.8, 4) is 0 Å². The number of aromatic carboxylic acids is 1. The summed E-state index contributed by atoms with van der Waals surface area (Å²) >= 11 is 0. The summed E-state index contributed by atoms with van der Waals surface area (Å²) in [6.45, 7) is 2.96. The number of hydrogen-bond acceptors (Lipinski definition) is 3. The zero-order valence-corrected chi connectivity index (χ0v) is 12.8. The van der Waals surface area contributed by atoms with Gasteiger partial charge in [-0.25, -0.2) is 4.79 Å². The number of carboxylic acids is 1. The molecule has 0 saturated carbocycles. The first kappa shape index (κ1) is 14.8. The molecule has 1 fully saturated rings. The SMILES string of the molecule is Cn1cc(CN2CCC[C@@H](c3cccc(C(=O)O)c3)C2)cn1. The quantitative estimate of drug-likeness (QED) is 0.942. The topological polar surface area (TPSA) is 58.4 Å². The number of carbonyl (C=O) groups is 1. The van der Waals surface area contributed by atoms with Gasteiger partial charge in [-0.2, -0.15) is 5.10 Å². The lowest BCUT2D eigenvalue weighted by molar-refractivity contribution is 0.0696. The number of carboxylic acid groups (broad SMARTS) is 1. The standard InChI is InChI=1S/C17H21N3O2/c1-19-10-13(9-18-19)11-20-7-3-6-16(12-20)14-4-2-5-15(8-14)17(21)22/h2,4-5,8-10,16H,3,6-7,11-12H2,1H3,(H,21,22)/t16-/m1/s1. The molecule has 22 heavy (non-hydrogen) atoms. The van der Waals surface area contributed by atoms with Crippen LogP contribution in [0.2, 0.25) is 0 Å². The Hall–Kier alpha value is -2.14. The Labute approximate surface area is 130 Å². The van der Waals surface area contributed by atoms with Crippen LogP contribution in [0.5, 0.6) is 0 Å². The molecule has 2 heterocycles. The molecule has 1 saturated heterocycles. The number of piperidine rings is 1. The van der Waals surface area contributed by atoms with Gasteiger partial charge in [-0.05, 0) is 43.0 Å². The molecule has 5 heteroatoms. The molecule has 0 spiro atoms. The predicted octanol–water partition coefficient (Wildman–Crippen LogP) is 2.50. The number of aromatic nitrogens is 2. The Morgan fingerprint density at radius 3 is 3.05 bits per heavy atom. The van der Waals surface area contributed by atoms with Crippen molar-refractivity contribution in [3.63, 3.8) is 0 Å². The number of rotatable bonds is 4. The van der Waals surface area contributed by atoms with Crippen molar-refractivity contribution in [2.24, 2.45) is 7.05 Å². The Morgan fingerprint density at radius 2 is 2.32 bits per heavy atom. The molecule has 2 aromatic rings. The molecular formula is C17H21N3O2. The summed E-state index contributed by atoms with van der Waals surface area (Å²) in [5.41, 5.74) is 2.74. The van der Waals surface area contributed by atoms with Crippen molar-refractivity contribution in [2.45, 2.75) is 25.3 Å². The maximum absolute atomic E-state index is 11.1. The summed E-state index contributed by atoms with van der Waals surface area (Å²) in [6, 6.07) is 7.37. The highest BCUT2D eigenvalue weighted by Gasteiger charge is 2.22. The van der Waals surface area contributed by atoms with Gasteiger partial charge in [0.1, 0.15) is 0 Å². The minimum atomic E-state index is -0.857. The summed E-state index contributed by atoms with van der Waals surface area (Å²) < 4.78 is 1.83. The van der Waals surface area contributed by atoms with E-state index in [1.807, 2.05) is 36.1 Å². The number of nitrogens with zero attached hydrogens (tertiary/aromatic N) is 3. The molecule has 5 nitrogen and oxygen atoms in total. The number of hydrogen-bond donors (Lipinski definition) is 1. The summed E-state index contributed by atoms with van der Waals surface area (Å²) in [5, 5.41) is 13.4. The van der Waals surface area contributed by atoms with Crippen LogP contribution in [-0.2, 0) is 13.6 Å². The Balaban J connectivity index is 1.70. The van der Waals surface area contributed by atoms with E-state index in [-0.39, 0.29) is 0 Å². The van der Waals surface area contributed by atoms with Crippen molar-refractivity contribution < 1.29 is 9.90 Å². The van der Waals surface area contributed by atoms with Crippen molar-refractivity contribution in [1.82, 2.24) is 14.7 Å². The van der Waals surface area contributed by atoms with Crippen LogP contribution in [-0.4, -0.2) is 38.8 Å². The molecule has 0 amide bonds. The Kier molecular flexibility index (Phi) is 4.24. The molecule has 0 radical (unpaired) electrons. The zero-order chi connectivity index (χ0) is 15.5. The summed E-state index contributed by atoms with van der Waals surface area (Å²) in [7, 11) is 1.93. The number of likely N-dealkylation sites (tertiary alicyclic amines) is 1. The fraction of sp³-hybridized carbons (Fsp3) is 0.412. The van der Waals surface area contributed by atoms with Crippen LogP contribution in [0.3, 0.4) is 0 Å². The minimum absolute atomic E-state index is 0.377. The van der Waals surface area contributed by atoms with E-state index < -0.39 is 5.97 Å². The molecule has 0 bridgehead atoms. The first-order valence-electron chi connectivity index (χ1n) is 7.65. The minimum Gasteiger partial charge on any atom is -0.478 e. The Morgan fingerprint density at radius 1 is 1.45 bits per heavy atom. The van der Waals surface area contributed by atoms with E-state index in [1.54, 1.807) is 6.07 Å². The van der Waals surface area contributed by atoms with Crippen LogP contribution in [0.15, 0.2) is 36.7 Å². The largest absolute Gasteiger partial charge is 0.478 e. The van der Waals surface area contributed by atoms with Crippen molar-refractivity contribution in [2.75, 3.05) is 13.1 Å². The molecular weight excluding hydrogens is 278 g/mol. The molecule has 1 N–H and O–H groups in total. The summed E-state index contributed by atoms with van der Waals surface area (Å²) in [6.07, 6.45) is 6.22. The zero-order valence-electron chi connectivity index (χ0n) is 12.8. The van der Waals surface area contributed by atoms with Gasteiger partial charge in [0.25, 0.3) is 0 Å². The smallest absolute Gasteiger partial charge is 0.335 e. The molecule has 0 aliphatic carbocycles. The van der Waals surface area contributed by atoms with Crippen LogP contribution < -0.4 is 0 Å². The van der Waals surface area contributed by atoms with Gasteiger partial charge in [0.05, 0.1) is 11.8 Å². The maximum atomic E-state index is 11.1. The highest BCUT2D eigenvalue weighted by Crippen LogP contribution is 2.28. The Bertz CT molecular complexity index is 665. The molecule has 116 valence electrons. The van der Waals surface area contributed by atoms with Gasteiger partial charge < -0.3 is 5.11 Å². The average molecular weight is 299 g/mol. The third-order valence-electron chi connectivity index (χ3n) is 4.28. The highest BCUT2D eigenvalue weighted by atomic mass is 16.4. The van der Waals surface area contributed by atoms with Gasteiger partial charge >= 0.3 is 5.97 Å². The second-order valence-electron chi connectivity index (χ2n) is 6.03. The van der Waals surface area contributed by atoms with Crippen LogP contribution in [0, 0.1) is 0 Å². The second kappa shape index (κ2) is 6.32. The molecule has 1 aliphatic heterocycles. The summed E-state index contributed by atoms with van der Waals surface area (Å²) in [5.74, 6) is -0.449. The molecule has 1 aromatic carbocycles. The van der Waals surface area contributed by atoms with Gasteiger partial charge in [-0.3, -0.25) is 9.58 Å². The third-order valence-corrected chi connectivity index (χ3v) is 4.28. The van der Waals surface area contributed by atoms with Crippen LogP contribution in [0.4, 0.5) is 0 Å². The van der Waals surface area contributed by atoms with Gasteiger partial charge in [0.15, 0.2) is 0 Å². The van der Waals surface area contributed by atoms with Crippen molar-refractivity contribution in [1.29, 1.82) is 0 Å². The average Bonchev–Trinajstić information content (AvgIpc) is 2.93. The van der Waals surface area contributed by atoms with Gasteiger partial charge in [-0.15, -0.1) is 0 Å². The van der Waals surface area contributed by atoms with Crippen LogP contribution >= 0.6 is 0 Å². The van der Waals surface area contributed by atoms with E-state index in [0.29, 0.717) is 11.5 Å². The first-order valence-corrected chi connectivity index (χ1v) is 7.65. The summed E-state index contributed by atoms with van der Waals surface area (Å²) in [4.78, 5) is 13.6. The molecule has 1 aliphatic rings. The number of aryl methyl sites for hydroxylation is 1. The lowest BCUT2D eigenvalue weighted by Crippen LogP contribution is -2.33. The van der Waals surface area contributed by atoms with Gasteiger partial charge in [-0.1, -0.05) is 12.1 Å². The van der Waals surface area contributed by atoms with Gasteiger partial charge in [0.2, 0.25) is 0 Å². The second-order valence-corrected chi connectivity index (χ2v) is 6.03. The van der Waals surface area contributed by atoms with E-state index >= 15 is 0 Å². The number of benzene rings is 1. The molecule has 1 atom stereocenters. The third kappa shape index (κ3) is 3.36. The normalized spacial score (nSPS) is 19.2. The highest BCUT2D eigenvalue weighted by molar-refractivity contribution is 5.87. The predicted molar refractivity (Wildman–Crippen MR) is 83.9 cm³/mol. The van der Waals surface area contributed by atoms with Crippen LogP contribution in [0.25, 0.3) is 0 Å². The van der Waals surface area contributed by atoms with E-state index in [4.69, 9.17) is 5.11 Å². The molecule has 3 rings (SSSR count). The van der Waals surface area contributed by atoms with E-state index in [9.17, 15) is 4.79 Å². The fourth-order valence-electron chi connectivity index (χ4n) is 3.21. The van der Waals surface area contributed by atoms with Crippen LogP contribution in [0.1, 0.15) is 40.2 Å². The van der Waals surface area contributed by atoms with E-state index in [0.717, 1.165) is 38.0 Å². The van der Waals surface area contributed by atoms with Crippen molar-refractivity contribution >= 4 is 5.97 Å². The van der Waals surface area contributed by atoms with Gasteiger partial charge in [0, 0.05) is 31.9 Å². The first-order chi connectivity index (χ1) is 10.6. The lowest BCUT2D eigenvalue weighted by atomic mass is 9.89. The molecule has 1 aromatic heterocycles. The molecule has 0 unspecified atom stereocenters. The van der Waals surface area contributed by atoms with E-state index in [2.05, 4.69) is 16.2 Å². The maximum Gasteiger partial charge on any atom is 0.335 e. The van der Waals surface area contributed by atoms with Crippen molar-refractivity contribution in [3.05, 3.63) is 53.3 Å².